The fourth-order valence-electron chi connectivity index (χ4n) is 1.50. The molecule has 0 fully saturated rings. The minimum atomic E-state index is -0.463. The highest BCUT2D eigenvalue weighted by atomic mass is 16.3. The van der Waals surface area contributed by atoms with Crippen molar-refractivity contribution < 1.29 is 9.21 Å². The highest BCUT2D eigenvalue weighted by Crippen LogP contribution is 2.23. The zero-order valence-electron chi connectivity index (χ0n) is 8.14. The molecule has 1 atom stereocenters. The van der Waals surface area contributed by atoms with Gasteiger partial charge in [-0.15, -0.1) is 0 Å². The van der Waals surface area contributed by atoms with Crippen LogP contribution in [0.15, 0.2) is 34.7 Å². The van der Waals surface area contributed by atoms with E-state index in [0.29, 0.717) is 5.76 Å². The molecule has 0 unspecified atom stereocenters. The highest BCUT2D eigenvalue weighted by Gasteiger charge is 2.13. The lowest BCUT2D eigenvalue weighted by Crippen LogP contribution is -2.20. The van der Waals surface area contributed by atoms with Crippen LogP contribution >= 0.6 is 0 Å². The van der Waals surface area contributed by atoms with Gasteiger partial charge in [0.2, 0.25) is 5.91 Å². The summed E-state index contributed by atoms with van der Waals surface area (Å²) in [5.41, 5.74) is 11.6. The van der Waals surface area contributed by atoms with E-state index in [1.54, 1.807) is 0 Å². The lowest BCUT2D eigenvalue weighted by atomic mass is 10.1. The van der Waals surface area contributed by atoms with Gasteiger partial charge in [-0.3, -0.25) is 4.79 Å². The quantitative estimate of drug-likeness (QED) is 0.790. The van der Waals surface area contributed by atoms with Gasteiger partial charge in [-0.25, -0.2) is 0 Å². The average molecular weight is 204 g/mol. The van der Waals surface area contributed by atoms with Gasteiger partial charge in [0.05, 0.1) is 6.04 Å². The van der Waals surface area contributed by atoms with Crippen molar-refractivity contribution in [1.29, 1.82) is 0 Å². The summed E-state index contributed by atoms with van der Waals surface area (Å²) in [5.74, 6) is 0.165. The summed E-state index contributed by atoms with van der Waals surface area (Å²) in [7, 11) is 0. The molecule has 4 nitrogen and oxygen atoms in total. The summed E-state index contributed by atoms with van der Waals surface area (Å²) >= 11 is 0. The number of hydrogen-bond acceptors (Lipinski definition) is 3. The maximum atomic E-state index is 10.7. The van der Waals surface area contributed by atoms with Crippen molar-refractivity contribution in [2.75, 3.05) is 0 Å². The molecular weight excluding hydrogens is 192 g/mol. The number of fused-ring (bicyclic) bond motifs is 1. The van der Waals surface area contributed by atoms with E-state index < -0.39 is 11.9 Å². The van der Waals surface area contributed by atoms with Crippen molar-refractivity contribution in [1.82, 2.24) is 0 Å². The maximum Gasteiger partial charge on any atom is 0.219 e. The first-order valence-electron chi connectivity index (χ1n) is 4.69. The zero-order valence-corrected chi connectivity index (χ0v) is 8.14. The molecule has 0 aliphatic rings. The molecule has 0 radical (unpaired) electrons. The minimum absolute atomic E-state index is 0.0970. The number of amides is 1. The second-order valence-electron chi connectivity index (χ2n) is 3.46. The maximum absolute atomic E-state index is 10.7. The van der Waals surface area contributed by atoms with Crippen LogP contribution in [0.3, 0.4) is 0 Å². The van der Waals surface area contributed by atoms with Gasteiger partial charge in [-0.05, 0) is 12.1 Å². The van der Waals surface area contributed by atoms with E-state index in [-0.39, 0.29) is 6.42 Å². The number of hydrogen-bond donors (Lipinski definition) is 2. The molecule has 0 saturated heterocycles. The van der Waals surface area contributed by atoms with Crippen molar-refractivity contribution >= 4 is 16.9 Å². The molecule has 4 N–H and O–H groups in total. The van der Waals surface area contributed by atoms with Crippen molar-refractivity contribution in [2.45, 2.75) is 12.5 Å². The Kier molecular flexibility index (Phi) is 2.43. The molecule has 1 aromatic heterocycles. The summed E-state index contributed by atoms with van der Waals surface area (Å²) in [4.78, 5) is 10.7. The fraction of sp³-hybridized carbons (Fsp3) is 0.182. The first-order valence-corrected chi connectivity index (χ1v) is 4.69. The molecule has 78 valence electrons. The average Bonchev–Trinajstić information content (AvgIpc) is 2.59. The Hall–Kier alpha value is -1.81. The number of carbonyl (C=O) groups excluding carboxylic acids is 1. The van der Waals surface area contributed by atoms with Gasteiger partial charge in [0.15, 0.2) is 0 Å². The number of nitrogens with two attached hydrogens (primary N) is 2. The highest BCUT2D eigenvalue weighted by molar-refractivity contribution is 5.78. The predicted molar refractivity (Wildman–Crippen MR) is 57.0 cm³/mol. The summed E-state index contributed by atoms with van der Waals surface area (Å²) < 4.78 is 5.50. The van der Waals surface area contributed by atoms with Gasteiger partial charge in [0.1, 0.15) is 11.3 Å². The number of furan rings is 1. The number of primary amides is 1. The van der Waals surface area contributed by atoms with E-state index in [1.165, 1.54) is 0 Å². The molecule has 15 heavy (non-hydrogen) atoms. The third kappa shape index (κ3) is 1.99. The van der Waals surface area contributed by atoms with E-state index >= 15 is 0 Å². The van der Waals surface area contributed by atoms with Crippen LogP contribution in [0.5, 0.6) is 0 Å². The van der Waals surface area contributed by atoms with Gasteiger partial charge in [-0.2, -0.15) is 0 Å². The molecule has 0 spiro atoms. The van der Waals surface area contributed by atoms with Crippen molar-refractivity contribution in [3.8, 4) is 0 Å². The van der Waals surface area contributed by atoms with Gasteiger partial charge in [-0.1, -0.05) is 18.2 Å². The summed E-state index contributed by atoms with van der Waals surface area (Å²) in [5, 5.41) is 0.979. The summed E-state index contributed by atoms with van der Waals surface area (Å²) in [6.07, 6.45) is 0.0970. The van der Waals surface area contributed by atoms with E-state index in [9.17, 15) is 4.79 Å². The molecule has 0 saturated carbocycles. The summed E-state index contributed by atoms with van der Waals surface area (Å²) in [6, 6.07) is 8.96. The largest absolute Gasteiger partial charge is 0.459 e. The Morgan fingerprint density at radius 3 is 2.80 bits per heavy atom. The number of para-hydroxylation sites is 1. The van der Waals surface area contributed by atoms with Crippen molar-refractivity contribution in [3.05, 3.63) is 36.1 Å². The van der Waals surface area contributed by atoms with E-state index in [4.69, 9.17) is 15.9 Å². The van der Waals surface area contributed by atoms with Crippen LogP contribution in [0.2, 0.25) is 0 Å². The van der Waals surface area contributed by atoms with Crippen LogP contribution in [0.1, 0.15) is 18.2 Å². The van der Waals surface area contributed by atoms with Crippen LogP contribution < -0.4 is 11.5 Å². The first-order chi connectivity index (χ1) is 7.16. The van der Waals surface area contributed by atoms with Gasteiger partial charge in [0.25, 0.3) is 0 Å². The van der Waals surface area contributed by atoms with E-state index in [1.807, 2.05) is 30.3 Å². The third-order valence-corrected chi connectivity index (χ3v) is 2.23. The molecule has 1 heterocycles. The zero-order chi connectivity index (χ0) is 10.8. The SMILES string of the molecule is NC(=O)C[C@@H](N)c1cc2ccccc2o1. The van der Waals surface area contributed by atoms with Crippen molar-refractivity contribution in [2.24, 2.45) is 11.5 Å². The first kappa shape index (κ1) is 9.73. The second-order valence-corrected chi connectivity index (χ2v) is 3.46. The molecule has 4 heteroatoms. The van der Waals surface area contributed by atoms with Gasteiger partial charge in [0, 0.05) is 11.8 Å². The normalized spacial score (nSPS) is 12.9. The topological polar surface area (TPSA) is 82.2 Å². The van der Waals surface area contributed by atoms with Crippen LogP contribution in [0.25, 0.3) is 11.0 Å². The Morgan fingerprint density at radius 1 is 1.40 bits per heavy atom. The predicted octanol–water partition coefficient (Wildman–Crippen LogP) is 1.31. The smallest absolute Gasteiger partial charge is 0.219 e. The standard InChI is InChI=1S/C11H12N2O2/c12-8(6-11(13)14)10-5-7-3-1-2-4-9(7)15-10/h1-5,8H,6,12H2,(H2,13,14)/t8-/m1/s1. The number of carbonyl (C=O) groups is 1. The molecular formula is C11H12N2O2. The summed E-state index contributed by atoms with van der Waals surface area (Å²) in [6.45, 7) is 0. The molecule has 2 aromatic rings. The second kappa shape index (κ2) is 3.74. The van der Waals surface area contributed by atoms with Gasteiger partial charge < -0.3 is 15.9 Å². The number of benzene rings is 1. The van der Waals surface area contributed by atoms with E-state index in [0.717, 1.165) is 11.0 Å². The molecule has 0 aliphatic carbocycles. The Labute approximate surface area is 86.8 Å². The fourth-order valence-corrected chi connectivity index (χ4v) is 1.50. The van der Waals surface area contributed by atoms with Crippen LogP contribution in [0, 0.1) is 0 Å². The van der Waals surface area contributed by atoms with Gasteiger partial charge >= 0.3 is 0 Å². The Bertz CT molecular complexity index is 457. The molecule has 0 aliphatic heterocycles. The molecule has 0 bridgehead atoms. The Morgan fingerprint density at radius 2 is 2.13 bits per heavy atom. The van der Waals surface area contributed by atoms with Crippen LogP contribution in [-0.4, -0.2) is 5.91 Å². The lowest BCUT2D eigenvalue weighted by molar-refractivity contribution is -0.118. The van der Waals surface area contributed by atoms with Crippen molar-refractivity contribution in [3.63, 3.8) is 0 Å². The molecule has 1 aromatic carbocycles. The Balaban J connectivity index is 2.32. The molecule has 2 rings (SSSR count). The monoisotopic (exact) mass is 204 g/mol. The lowest BCUT2D eigenvalue weighted by Gasteiger charge is -2.04. The van der Waals surface area contributed by atoms with Crippen LogP contribution in [-0.2, 0) is 4.79 Å². The molecule has 1 amide bonds. The minimum Gasteiger partial charge on any atom is -0.459 e. The van der Waals surface area contributed by atoms with E-state index in [2.05, 4.69) is 0 Å². The third-order valence-electron chi connectivity index (χ3n) is 2.23. The van der Waals surface area contributed by atoms with Crippen LogP contribution in [0.4, 0.5) is 0 Å². The number of rotatable bonds is 3.